The number of hydrogen-bond donors (Lipinski definition) is 0. The van der Waals surface area contributed by atoms with E-state index in [1.807, 2.05) is 10.8 Å². The smallest absolute Gasteiger partial charge is 0.141 e. The molecule has 2 aromatic rings. The maximum absolute atomic E-state index is 12.8. The molecule has 0 saturated carbocycles. The predicted octanol–water partition coefficient (Wildman–Crippen LogP) is 1.78. The third-order valence-electron chi connectivity index (χ3n) is 2.07. The normalized spacial score (nSPS) is 9.62. The van der Waals surface area contributed by atoms with Crippen LogP contribution in [0.25, 0.3) is 0 Å². The van der Waals surface area contributed by atoms with Crippen LogP contribution in [0.1, 0.15) is 11.3 Å². The summed E-state index contributed by atoms with van der Waals surface area (Å²) in [7, 11) is 0. The highest BCUT2D eigenvalue weighted by molar-refractivity contribution is 5.34. The van der Waals surface area contributed by atoms with Gasteiger partial charge in [0.1, 0.15) is 11.5 Å². The SMILES string of the molecule is Cc1cc(F)cnc1C#CCn1ccnc1. The highest BCUT2D eigenvalue weighted by Crippen LogP contribution is 2.04. The average Bonchev–Trinajstić information content (AvgIpc) is 2.74. The molecule has 4 heteroatoms. The second kappa shape index (κ2) is 4.58. The summed E-state index contributed by atoms with van der Waals surface area (Å²) in [5, 5.41) is 0. The summed E-state index contributed by atoms with van der Waals surface area (Å²) in [5.74, 6) is 5.52. The predicted molar refractivity (Wildman–Crippen MR) is 58.0 cm³/mol. The lowest BCUT2D eigenvalue weighted by atomic mass is 10.2. The van der Waals surface area contributed by atoms with E-state index in [-0.39, 0.29) is 5.82 Å². The van der Waals surface area contributed by atoms with E-state index in [1.165, 1.54) is 12.3 Å². The molecule has 2 rings (SSSR count). The Morgan fingerprint density at radius 3 is 3.06 bits per heavy atom. The zero-order valence-corrected chi connectivity index (χ0v) is 8.81. The van der Waals surface area contributed by atoms with Gasteiger partial charge in [0.2, 0.25) is 0 Å². The largest absolute Gasteiger partial charge is 0.326 e. The van der Waals surface area contributed by atoms with E-state index in [2.05, 4.69) is 21.8 Å². The second-order valence-corrected chi connectivity index (χ2v) is 3.36. The molecule has 0 spiro atoms. The number of pyridine rings is 1. The number of aryl methyl sites for hydroxylation is 1. The van der Waals surface area contributed by atoms with Crippen molar-refractivity contribution in [1.82, 2.24) is 14.5 Å². The van der Waals surface area contributed by atoms with Crippen LogP contribution >= 0.6 is 0 Å². The molecular weight excluding hydrogens is 205 g/mol. The Hall–Kier alpha value is -2.15. The van der Waals surface area contributed by atoms with Crippen molar-refractivity contribution in [3.05, 3.63) is 48.1 Å². The van der Waals surface area contributed by atoms with E-state index in [0.717, 1.165) is 5.56 Å². The van der Waals surface area contributed by atoms with Crippen LogP contribution in [0.3, 0.4) is 0 Å². The molecule has 0 atom stereocenters. The van der Waals surface area contributed by atoms with E-state index in [1.54, 1.807) is 19.4 Å². The van der Waals surface area contributed by atoms with Crippen molar-refractivity contribution < 1.29 is 4.39 Å². The zero-order chi connectivity index (χ0) is 11.4. The van der Waals surface area contributed by atoms with Crippen LogP contribution in [0.15, 0.2) is 31.0 Å². The van der Waals surface area contributed by atoms with Crippen LogP contribution in [0, 0.1) is 24.6 Å². The fourth-order valence-corrected chi connectivity index (χ4v) is 1.27. The van der Waals surface area contributed by atoms with Crippen LogP contribution in [0.2, 0.25) is 0 Å². The third-order valence-corrected chi connectivity index (χ3v) is 2.07. The fourth-order valence-electron chi connectivity index (χ4n) is 1.27. The number of nitrogens with zero attached hydrogens (tertiary/aromatic N) is 3. The average molecular weight is 215 g/mol. The van der Waals surface area contributed by atoms with Gasteiger partial charge >= 0.3 is 0 Å². The molecule has 80 valence electrons. The molecule has 0 unspecified atom stereocenters. The topological polar surface area (TPSA) is 30.7 Å². The van der Waals surface area contributed by atoms with Gasteiger partial charge in [-0.05, 0) is 24.5 Å². The Morgan fingerprint density at radius 2 is 2.38 bits per heavy atom. The van der Waals surface area contributed by atoms with E-state index in [0.29, 0.717) is 12.2 Å². The molecule has 0 N–H and O–H groups in total. The first-order valence-corrected chi connectivity index (χ1v) is 4.82. The number of rotatable bonds is 1. The molecule has 0 aliphatic carbocycles. The first-order chi connectivity index (χ1) is 7.75. The van der Waals surface area contributed by atoms with Crippen molar-refractivity contribution in [2.45, 2.75) is 13.5 Å². The quantitative estimate of drug-likeness (QED) is 0.679. The summed E-state index contributed by atoms with van der Waals surface area (Å²) < 4.78 is 14.6. The Kier molecular flexibility index (Phi) is 2.97. The van der Waals surface area contributed by atoms with Gasteiger partial charge in [0, 0.05) is 12.4 Å². The molecule has 0 aliphatic rings. The molecule has 0 saturated heterocycles. The standard InChI is InChI=1S/C12H10FN3/c1-10-7-11(13)8-15-12(10)3-2-5-16-6-4-14-9-16/h4,6-9H,5H2,1H3. The number of imidazole rings is 1. The summed E-state index contributed by atoms with van der Waals surface area (Å²) in [6.07, 6.45) is 6.40. The number of hydrogen-bond acceptors (Lipinski definition) is 2. The first-order valence-electron chi connectivity index (χ1n) is 4.82. The highest BCUT2D eigenvalue weighted by Gasteiger charge is 1.97. The Morgan fingerprint density at radius 1 is 1.50 bits per heavy atom. The van der Waals surface area contributed by atoms with Crippen LogP contribution in [-0.4, -0.2) is 14.5 Å². The van der Waals surface area contributed by atoms with Crippen molar-refractivity contribution in [2.75, 3.05) is 0 Å². The number of aromatic nitrogens is 3. The molecule has 2 heterocycles. The minimum atomic E-state index is -0.336. The van der Waals surface area contributed by atoms with Gasteiger partial charge in [-0.2, -0.15) is 0 Å². The summed E-state index contributed by atoms with van der Waals surface area (Å²) in [6.45, 7) is 2.34. The summed E-state index contributed by atoms with van der Waals surface area (Å²) in [5.41, 5.74) is 1.36. The Bertz CT molecular complexity index is 535. The molecule has 3 nitrogen and oxygen atoms in total. The summed E-state index contributed by atoms with van der Waals surface area (Å²) >= 11 is 0. The molecule has 16 heavy (non-hydrogen) atoms. The monoisotopic (exact) mass is 215 g/mol. The van der Waals surface area contributed by atoms with Crippen molar-refractivity contribution in [2.24, 2.45) is 0 Å². The third kappa shape index (κ3) is 2.45. The molecular formula is C12H10FN3. The highest BCUT2D eigenvalue weighted by atomic mass is 19.1. The van der Waals surface area contributed by atoms with Crippen molar-refractivity contribution in [3.8, 4) is 11.8 Å². The van der Waals surface area contributed by atoms with Crippen molar-refractivity contribution in [1.29, 1.82) is 0 Å². The lowest BCUT2D eigenvalue weighted by molar-refractivity contribution is 0.619. The first kappa shape index (κ1) is 10.4. The zero-order valence-electron chi connectivity index (χ0n) is 8.81. The minimum Gasteiger partial charge on any atom is -0.326 e. The second-order valence-electron chi connectivity index (χ2n) is 3.36. The van der Waals surface area contributed by atoms with E-state index >= 15 is 0 Å². The molecule has 0 aliphatic heterocycles. The van der Waals surface area contributed by atoms with E-state index in [4.69, 9.17) is 0 Å². The molecule has 0 bridgehead atoms. The van der Waals surface area contributed by atoms with Crippen molar-refractivity contribution >= 4 is 0 Å². The Labute approximate surface area is 93.0 Å². The van der Waals surface area contributed by atoms with Crippen LogP contribution < -0.4 is 0 Å². The van der Waals surface area contributed by atoms with Crippen LogP contribution in [-0.2, 0) is 6.54 Å². The fraction of sp³-hybridized carbons (Fsp3) is 0.167. The van der Waals surface area contributed by atoms with Gasteiger partial charge in [-0.25, -0.2) is 14.4 Å². The maximum Gasteiger partial charge on any atom is 0.141 e. The number of halogens is 1. The maximum atomic E-state index is 12.8. The lowest BCUT2D eigenvalue weighted by Gasteiger charge is -1.96. The molecule has 0 aromatic carbocycles. The summed E-state index contributed by atoms with van der Waals surface area (Å²) in [6, 6.07) is 1.42. The van der Waals surface area contributed by atoms with Gasteiger partial charge < -0.3 is 4.57 Å². The minimum absolute atomic E-state index is 0.336. The van der Waals surface area contributed by atoms with Crippen LogP contribution in [0.4, 0.5) is 4.39 Å². The van der Waals surface area contributed by atoms with Crippen molar-refractivity contribution in [3.63, 3.8) is 0 Å². The molecule has 0 amide bonds. The van der Waals surface area contributed by atoms with Gasteiger partial charge in [-0.3, -0.25) is 0 Å². The van der Waals surface area contributed by atoms with E-state index in [9.17, 15) is 4.39 Å². The molecule has 0 fully saturated rings. The molecule has 0 radical (unpaired) electrons. The van der Waals surface area contributed by atoms with Gasteiger partial charge in [-0.15, -0.1) is 0 Å². The van der Waals surface area contributed by atoms with Gasteiger partial charge in [0.25, 0.3) is 0 Å². The van der Waals surface area contributed by atoms with Gasteiger partial charge in [0.15, 0.2) is 0 Å². The van der Waals surface area contributed by atoms with Gasteiger partial charge in [-0.1, -0.05) is 5.92 Å². The Balaban J connectivity index is 2.12. The van der Waals surface area contributed by atoms with Gasteiger partial charge in [0.05, 0.1) is 19.1 Å². The lowest BCUT2D eigenvalue weighted by Crippen LogP contribution is -1.92. The van der Waals surface area contributed by atoms with Crippen LogP contribution in [0.5, 0.6) is 0 Å². The molecule has 2 aromatic heterocycles. The summed E-state index contributed by atoms with van der Waals surface area (Å²) in [4.78, 5) is 7.83. The van der Waals surface area contributed by atoms with E-state index < -0.39 is 0 Å².